The molecule has 0 saturated carbocycles. The van der Waals surface area contributed by atoms with E-state index in [2.05, 4.69) is 36.3 Å². The topological polar surface area (TPSA) is 38.7 Å². The van der Waals surface area contributed by atoms with Crippen LogP contribution in [-0.4, -0.2) is 74.4 Å². The van der Waals surface area contributed by atoms with Gasteiger partial charge in [0.25, 0.3) is 0 Å². The molecule has 14 heavy (non-hydrogen) atoms. The van der Waals surface area contributed by atoms with Crippen molar-refractivity contribution in [1.82, 2.24) is 15.1 Å². The molecule has 1 rings (SSSR count). The van der Waals surface area contributed by atoms with Crippen LogP contribution in [0.3, 0.4) is 0 Å². The van der Waals surface area contributed by atoms with Gasteiger partial charge in [0.15, 0.2) is 0 Å². The monoisotopic (exact) mass is 201 g/mol. The minimum Gasteiger partial charge on any atom is -0.387 e. The molecule has 1 fully saturated rings. The fourth-order valence-corrected chi connectivity index (χ4v) is 1.82. The molecule has 0 aromatic heterocycles. The number of aliphatic hydroxyl groups is 1. The number of likely N-dealkylation sites (N-methyl/N-ethyl adjacent to an activating group) is 2. The van der Waals surface area contributed by atoms with Crippen molar-refractivity contribution in [2.24, 2.45) is 0 Å². The molecule has 0 spiro atoms. The lowest BCUT2D eigenvalue weighted by molar-refractivity contribution is 0.0271. The van der Waals surface area contributed by atoms with Crippen LogP contribution in [-0.2, 0) is 0 Å². The quantitative estimate of drug-likeness (QED) is 0.611. The first-order chi connectivity index (χ1) is 6.52. The van der Waals surface area contributed by atoms with E-state index < -0.39 is 5.60 Å². The molecule has 1 saturated heterocycles. The molecule has 0 aliphatic carbocycles. The first kappa shape index (κ1) is 11.9. The van der Waals surface area contributed by atoms with Crippen LogP contribution in [0, 0.1) is 0 Å². The van der Waals surface area contributed by atoms with E-state index in [0.717, 1.165) is 39.1 Å². The van der Waals surface area contributed by atoms with Gasteiger partial charge in [-0.2, -0.15) is 0 Å². The first-order valence-corrected chi connectivity index (χ1v) is 5.28. The number of nitrogens with one attached hydrogen (secondary N) is 1. The highest BCUT2D eigenvalue weighted by atomic mass is 16.3. The smallest absolute Gasteiger partial charge is 0.0909 e. The van der Waals surface area contributed by atoms with Crippen molar-refractivity contribution >= 4 is 0 Å². The van der Waals surface area contributed by atoms with Crippen molar-refractivity contribution < 1.29 is 5.11 Å². The molecule has 0 bridgehead atoms. The minimum atomic E-state index is -0.499. The Labute approximate surface area is 86.9 Å². The van der Waals surface area contributed by atoms with Crippen molar-refractivity contribution in [3.05, 3.63) is 0 Å². The van der Waals surface area contributed by atoms with Gasteiger partial charge < -0.3 is 20.2 Å². The van der Waals surface area contributed by atoms with Gasteiger partial charge in [0.2, 0.25) is 0 Å². The van der Waals surface area contributed by atoms with Gasteiger partial charge in [0.05, 0.1) is 5.60 Å². The summed E-state index contributed by atoms with van der Waals surface area (Å²) in [4.78, 5) is 4.36. The second-order valence-corrected chi connectivity index (χ2v) is 4.69. The van der Waals surface area contributed by atoms with E-state index in [0.29, 0.717) is 0 Å². The van der Waals surface area contributed by atoms with Gasteiger partial charge in [-0.25, -0.2) is 0 Å². The van der Waals surface area contributed by atoms with E-state index in [1.165, 1.54) is 0 Å². The predicted octanol–water partition coefficient (Wildman–Crippen LogP) is -0.796. The lowest BCUT2D eigenvalue weighted by atomic mass is 10.0. The fourth-order valence-electron chi connectivity index (χ4n) is 1.82. The fraction of sp³-hybridized carbons (Fsp3) is 1.00. The van der Waals surface area contributed by atoms with Gasteiger partial charge in [-0.05, 0) is 34.1 Å². The Morgan fingerprint density at radius 3 is 2.50 bits per heavy atom. The molecule has 1 aliphatic rings. The molecule has 0 aromatic rings. The molecule has 1 unspecified atom stereocenters. The van der Waals surface area contributed by atoms with Crippen LogP contribution in [0.15, 0.2) is 0 Å². The van der Waals surface area contributed by atoms with Crippen LogP contribution in [0.5, 0.6) is 0 Å². The van der Waals surface area contributed by atoms with Crippen molar-refractivity contribution in [2.75, 3.05) is 53.9 Å². The van der Waals surface area contributed by atoms with Crippen molar-refractivity contribution in [3.8, 4) is 0 Å². The average Bonchev–Trinajstić information content (AvgIpc) is 2.48. The maximum Gasteiger partial charge on any atom is 0.0909 e. The largest absolute Gasteiger partial charge is 0.387 e. The molecular formula is C10H23N3O. The summed E-state index contributed by atoms with van der Waals surface area (Å²) in [6, 6.07) is 0. The van der Waals surface area contributed by atoms with Gasteiger partial charge in [-0.15, -0.1) is 0 Å². The highest BCUT2D eigenvalue weighted by Crippen LogP contribution is 2.14. The van der Waals surface area contributed by atoms with E-state index in [1.807, 2.05) is 0 Å². The Hall–Kier alpha value is -0.160. The van der Waals surface area contributed by atoms with Crippen LogP contribution >= 0.6 is 0 Å². The molecule has 4 nitrogen and oxygen atoms in total. The number of nitrogens with zero attached hydrogens (tertiary/aromatic N) is 2. The number of rotatable bonds is 5. The van der Waals surface area contributed by atoms with Gasteiger partial charge >= 0.3 is 0 Å². The summed E-state index contributed by atoms with van der Waals surface area (Å²) < 4.78 is 0. The molecule has 1 atom stereocenters. The highest BCUT2D eigenvalue weighted by Gasteiger charge is 2.31. The van der Waals surface area contributed by atoms with Crippen LogP contribution in [0.4, 0.5) is 0 Å². The molecular weight excluding hydrogens is 178 g/mol. The van der Waals surface area contributed by atoms with Crippen molar-refractivity contribution in [3.63, 3.8) is 0 Å². The van der Waals surface area contributed by atoms with E-state index in [-0.39, 0.29) is 0 Å². The summed E-state index contributed by atoms with van der Waals surface area (Å²) in [5, 5.41) is 13.3. The molecule has 2 N–H and O–H groups in total. The summed E-state index contributed by atoms with van der Waals surface area (Å²) >= 11 is 0. The summed E-state index contributed by atoms with van der Waals surface area (Å²) in [7, 11) is 6.21. The van der Waals surface area contributed by atoms with Crippen LogP contribution in [0.2, 0.25) is 0 Å². The first-order valence-electron chi connectivity index (χ1n) is 5.28. The normalized spacial score (nSPS) is 27.9. The molecule has 0 aromatic carbocycles. The van der Waals surface area contributed by atoms with E-state index >= 15 is 0 Å². The third kappa shape index (κ3) is 3.92. The SMILES string of the molecule is CN(C)CCN(C)CC1(O)CCNC1. The summed E-state index contributed by atoms with van der Waals surface area (Å²) in [5.74, 6) is 0. The molecule has 4 heteroatoms. The average molecular weight is 201 g/mol. The van der Waals surface area contributed by atoms with E-state index in [1.54, 1.807) is 0 Å². The van der Waals surface area contributed by atoms with E-state index in [9.17, 15) is 5.11 Å². The predicted molar refractivity (Wildman–Crippen MR) is 58.5 cm³/mol. The third-order valence-corrected chi connectivity index (χ3v) is 2.71. The third-order valence-electron chi connectivity index (χ3n) is 2.71. The number of β-amino-alcohol motifs (C(OH)–C–C–N with tert-alkyl or cyclic N) is 1. The van der Waals surface area contributed by atoms with Gasteiger partial charge in [-0.1, -0.05) is 0 Å². The van der Waals surface area contributed by atoms with Crippen molar-refractivity contribution in [2.45, 2.75) is 12.0 Å². The zero-order chi connectivity index (χ0) is 10.6. The zero-order valence-electron chi connectivity index (χ0n) is 9.58. The summed E-state index contributed by atoms with van der Waals surface area (Å²) in [6.07, 6.45) is 0.874. The highest BCUT2D eigenvalue weighted by molar-refractivity contribution is 4.89. The molecule has 0 radical (unpaired) electrons. The van der Waals surface area contributed by atoms with Crippen LogP contribution in [0.25, 0.3) is 0 Å². The second-order valence-electron chi connectivity index (χ2n) is 4.69. The van der Waals surface area contributed by atoms with Crippen LogP contribution < -0.4 is 5.32 Å². The molecule has 84 valence electrons. The Bertz CT molecular complexity index is 167. The summed E-state index contributed by atoms with van der Waals surface area (Å²) in [5.41, 5.74) is -0.499. The Morgan fingerprint density at radius 1 is 1.29 bits per heavy atom. The van der Waals surface area contributed by atoms with Crippen LogP contribution in [0.1, 0.15) is 6.42 Å². The Kier molecular flexibility index (Phi) is 4.31. The number of hydrogen-bond acceptors (Lipinski definition) is 4. The molecule has 1 heterocycles. The van der Waals surface area contributed by atoms with E-state index in [4.69, 9.17) is 0 Å². The lowest BCUT2D eigenvalue weighted by Crippen LogP contribution is -2.44. The number of hydrogen-bond donors (Lipinski definition) is 2. The maximum absolute atomic E-state index is 10.1. The maximum atomic E-state index is 10.1. The zero-order valence-corrected chi connectivity index (χ0v) is 9.58. The van der Waals surface area contributed by atoms with Gasteiger partial charge in [0, 0.05) is 26.2 Å². The van der Waals surface area contributed by atoms with Gasteiger partial charge in [-0.3, -0.25) is 0 Å². The standard InChI is InChI=1S/C10H23N3O/c1-12(2)6-7-13(3)9-10(14)4-5-11-8-10/h11,14H,4-9H2,1-3H3. The van der Waals surface area contributed by atoms with Crippen molar-refractivity contribution in [1.29, 1.82) is 0 Å². The molecule has 0 amide bonds. The molecule has 1 aliphatic heterocycles. The van der Waals surface area contributed by atoms with Gasteiger partial charge in [0.1, 0.15) is 0 Å². The minimum absolute atomic E-state index is 0.499. The Balaban J connectivity index is 2.21. The Morgan fingerprint density at radius 2 is 2.00 bits per heavy atom. The second kappa shape index (κ2) is 5.07. The summed E-state index contributed by atoms with van der Waals surface area (Å²) in [6.45, 7) is 4.50. The lowest BCUT2D eigenvalue weighted by Gasteiger charge is -2.28.